The number of benzene rings is 2. The van der Waals surface area contributed by atoms with Crippen LogP contribution in [0, 0.1) is 20.8 Å². The highest BCUT2D eigenvalue weighted by molar-refractivity contribution is 5.97. The first-order valence-corrected chi connectivity index (χ1v) is 8.94. The molecule has 0 radical (unpaired) electrons. The number of hydrogen-bond acceptors (Lipinski definition) is 4. The van der Waals surface area contributed by atoms with E-state index in [0.29, 0.717) is 12.1 Å². The molecule has 2 aromatic carbocycles. The molecule has 0 fully saturated rings. The number of carbonyl (C=O) groups excluding carboxylic acids is 3. The van der Waals surface area contributed by atoms with Gasteiger partial charge in [0, 0.05) is 18.5 Å². The van der Waals surface area contributed by atoms with Gasteiger partial charge >= 0.3 is 5.97 Å². The highest BCUT2D eigenvalue weighted by Crippen LogP contribution is 2.12. The highest BCUT2D eigenvalue weighted by atomic mass is 16.5. The van der Waals surface area contributed by atoms with Crippen LogP contribution in [0.5, 0.6) is 0 Å². The largest absolute Gasteiger partial charge is 0.456 e. The molecule has 0 saturated carbocycles. The van der Waals surface area contributed by atoms with Gasteiger partial charge in [-0.05, 0) is 49.1 Å². The summed E-state index contributed by atoms with van der Waals surface area (Å²) in [5.74, 6) is -1.04. The number of nitrogens with one attached hydrogen (secondary N) is 1. The molecule has 2 aromatic rings. The van der Waals surface area contributed by atoms with Crippen molar-refractivity contribution in [2.24, 2.45) is 0 Å². The molecule has 0 spiro atoms. The Morgan fingerprint density at radius 1 is 0.889 bits per heavy atom. The van der Waals surface area contributed by atoms with Crippen LogP contribution in [0.3, 0.4) is 0 Å². The molecule has 2 rings (SSSR count). The molecule has 5 nitrogen and oxygen atoms in total. The van der Waals surface area contributed by atoms with E-state index in [9.17, 15) is 14.4 Å². The van der Waals surface area contributed by atoms with Gasteiger partial charge in [0.1, 0.15) is 0 Å². The number of hydrogen-bond donors (Lipinski definition) is 1. The first kappa shape index (κ1) is 20.4. The lowest BCUT2D eigenvalue weighted by atomic mass is 10.0. The minimum Gasteiger partial charge on any atom is -0.456 e. The number of ether oxygens (including phenoxy) is 1. The van der Waals surface area contributed by atoms with E-state index in [2.05, 4.69) is 5.32 Å². The van der Waals surface area contributed by atoms with E-state index < -0.39 is 5.97 Å². The van der Waals surface area contributed by atoms with Gasteiger partial charge in [0.15, 0.2) is 12.4 Å². The first-order chi connectivity index (χ1) is 12.9. The van der Waals surface area contributed by atoms with Gasteiger partial charge in [-0.15, -0.1) is 0 Å². The van der Waals surface area contributed by atoms with Gasteiger partial charge in [0.05, 0.1) is 6.42 Å². The van der Waals surface area contributed by atoms with Crippen molar-refractivity contribution in [3.8, 4) is 0 Å². The number of ketones is 1. The number of aryl methyl sites for hydroxylation is 3. The zero-order valence-electron chi connectivity index (χ0n) is 16.0. The predicted octanol–water partition coefficient (Wildman–Crippen LogP) is 3.43. The van der Waals surface area contributed by atoms with Crippen molar-refractivity contribution >= 4 is 17.7 Å². The molecular formula is C22H25NO4. The second kappa shape index (κ2) is 9.67. The fourth-order valence-corrected chi connectivity index (χ4v) is 2.55. The third kappa shape index (κ3) is 6.37. The lowest BCUT2D eigenvalue weighted by molar-refractivity contribution is -0.148. The van der Waals surface area contributed by atoms with Crippen LogP contribution in [-0.4, -0.2) is 24.3 Å². The molecule has 5 heteroatoms. The zero-order chi connectivity index (χ0) is 19.8. The molecule has 27 heavy (non-hydrogen) atoms. The van der Waals surface area contributed by atoms with E-state index in [1.807, 2.05) is 57.2 Å². The predicted molar refractivity (Wildman–Crippen MR) is 103 cm³/mol. The minimum absolute atomic E-state index is 0.0448. The summed E-state index contributed by atoms with van der Waals surface area (Å²) in [5, 5.41) is 2.71. The number of Topliss-reactive ketones (excluding diaryl/α,β-unsaturated/α-hetero) is 1. The van der Waals surface area contributed by atoms with Crippen molar-refractivity contribution in [1.82, 2.24) is 5.32 Å². The molecule has 1 N–H and O–H groups in total. The topological polar surface area (TPSA) is 72.5 Å². The minimum atomic E-state index is -0.557. The van der Waals surface area contributed by atoms with Gasteiger partial charge in [0.2, 0.25) is 0 Å². The standard InChI is InChI=1S/C22H25NO4/c1-15-8-9-18(12-17(15)3)20(24)10-11-22(26)27-14-21(25)23-13-19-7-5-4-6-16(19)2/h4-9,12H,10-11,13-14H2,1-3H3,(H,23,25). The van der Waals surface area contributed by atoms with Crippen molar-refractivity contribution in [3.63, 3.8) is 0 Å². The third-order valence-electron chi connectivity index (χ3n) is 4.49. The second-order valence-corrected chi connectivity index (χ2v) is 6.59. The SMILES string of the molecule is Cc1ccc(C(=O)CCC(=O)OCC(=O)NCc2ccccc2C)cc1C. The molecule has 1 amide bonds. The van der Waals surface area contributed by atoms with E-state index in [0.717, 1.165) is 22.3 Å². The van der Waals surface area contributed by atoms with Crippen molar-refractivity contribution in [2.45, 2.75) is 40.2 Å². The van der Waals surface area contributed by atoms with Crippen LogP contribution in [0.1, 0.15) is 45.5 Å². The Morgan fingerprint density at radius 3 is 2.33 bits per heavy atom. The highest BCUT2D eigenvalue weighted by Gasteiger charge is 2.12. The molecule has 0 bridgehead atoms. The Hall–Kier alpha value is -2.95. The molecule has 0 unspecified atom stereocenters. The average Bonchev–Trinajstić information content (AvgIpc) is 2.65. The van der Waals surface area contributed by atoms with Crippen LogP contribution in [0.2, 0.25) is 0 Å². The molecule has 0 aliphatic carbocycles. The smallest absolute Gasteiger partial charge is 0.306 e. The summed E-state index contributed by atoms with van der Waals surface area (Å²) in [5.41, 5.74) is 4.83. The van der Waals surface area contributed by atoms with Crippen molar-refractivity contribution in [2.75, 3.05) is 6.61 Å². The Bertz CT molecular complexity index is 842. The maximum absolute atomic E-state index is 12.2. The van der Waals surface area contributed by atoms with Gasteiger partial charge in [-0.2, -0.15) is 0 Å². The summed E-state index contributed by atoms with van der Waals surface area (Å²) in [7, 11) is 0. The van der Waals surface area contributed by atoms with E-state index in [1.54, 1.807) is 6.07 Å². The fourth-order valence-electron chi connectivity index (χ4n) is 2.55. The van der Waals surface area contributed by atoms with Crippen LogP contribution in [0.25, 0.3) is 0 Å². The fraction of sp³-hybridized carbons (Fsp3) is 0.318. The molecule has 0 saturated heterocycles. The molecule has 0 aromatic heterocycles. The third-order valence-corrected chi connectivity index (χ3v) is 4.49. The van der Waals surface area contributed by atoms with E-state index in [1.165, 1.54) is 0 Å². The van der Waals surface area contributed by atoms with Crippen molar-refractivity contribution < 1.29 is 19.1 Å². The Balaban J connectivity index is 1.71. The Morgan fingerprint density at radius 2 is 1.63 bits per heavy atom. The van der Waals surface area contributed by atoms with Crippen molar-refractivity contribution in [3.05, 3.63) is 70.3 Å². The maximum Gasteiger partial charge on any atom is 0.306 e. The quantitative estimate of drug-likeness (QED) is 0.573. The molecule has 0 aliphatic rings. The molecule has 142 valence electrons. The van der Waals surface area contributed by atoms with E-state index in [-0.39, 0.29) is 31.1 Å². The van der Waals surface area contributed by atoms with Crippen LogP contribution >= 0.6 is 0 Å². The second-order valence-electron chi connectivity index (χ2n) is 6.59. The van der Waals surface area contributed by atoms with Crippen molar-refractivity contribution in [1.29, 1.82) is 0 Å². The number of esters is 1. The summed E-state index contributed by atoms with van der Waals surface area (Å²) in [6, 6.07) is 13.2. The molecular weight excluding hydrogens is 342 g/mol. The summed E-state index contributed by atoms with van der Waals surface area (Å²) < 4.78 is 4.95. The Labute approximate surface area is 159 Å². The molecule has 0 heterocycles. The van der Waals surface area contributed by atoms with Crippen LogP contribution in [0.15, 0.2) is 42.5 Å². The van der Waals surface area contributed by atoms with E-state index in [4.69, 9.17) is 4.74 Å². The van der Waals surface area contributed by atoms with Gasteiger partial charge in [0.25, 0.3) is 5.91 Å². The van der Waals surface area contributed by atoms with Gasteiger partial charge < -0.3 is 10.1 Å². The van der Waals surface area contributed by atoms with Gasteiger partial charge in [-0.1, -0.05) is 36.4 Å². The van der Waals surface area contributed by atoms with Crippen LogP contribution in [-0.2, 0) is 20.9 Å². The molecule has 0 aliphatic heterocycles. The van der Waals surface area contributed by atoms with Gasteiger partial charge in [-0.25, -0.2) is 0 Å². The van der Waals surface area contributed by atoms with Gasteiger partial charge in [-0.3, -0.25) is 14.4 Å². The Kier molecular flexibility index (Phi) is 7.29. The van der Waals surface area contributed by atoms with Crippen LogP contribution in [0.4, 0.5) is 0 Å². The summed E-state index contributed by atoms with van der Waals surface area (Å²) in [4.78, 5) is 35.7. The summed E-state index contributed by atoms with van der Waals surface area (Å²) >= 11 is 0. The molecule has 0 atom stereocenters. The van der Waals surface area contributed by atoms with E-state index >= 15 is 0 Å². The number of carbonyl (C=O) groups is 3. The summed E-state index contributed by atoms with van der Waals surface area (Å²) in [6.45, 7) is 5.92. The zero-order valence-corrected chi connectivity index (χ0v) is 16.0. The number of amides is 1. The summed E-state index contributed by atoms with van der Waals surface area (Å²) in [6.07, 6.45) is 0.0169. The lowest BCUT2D eigenvalue weighted by Gasteiger charge is -2.08. The van der Waals surface area contributed by atoms with Crippen LogP contribution < -0.4 is 5.32 Å². The monoisotopic (exact) mass is 367 g/mol. The number of rotatable bonds is 8. The maximum atomic E-state index is 12.2. The first-order valence-electron chi connectivity index (χ1n) is 8.94. The average molecular weight is 367 g/mol. The normalized spacial score (nSPS) is 10.3. The lowest BCUT2D eigenvalue weighted by Crippen LogP contribution is -2.28.